The van der Waals surface area contributed by atoms with Crippen LogP contribution in [0.15, 0.2) is 23.3 Å². The molecule has 0 aromatic rings. The van der Waals surface area contributed by atoms with Crippen molar-refractivity contribution in [3.05, 3.63) is 23.3 Å². The lowest BCUT2D eigenvalue weighted by Crippen LogP contribution is -2.54. The van der Waals surface area contributed by atoms with Gasteiger partial charge in [-0.2, -0.15) is 0 Å². The van der Waals surface area contributed by atoms with E-state index in [1.165, 1.54) is 25.7 Å². The molecule has 3 fully saturated rings. The molecule has 0 radical (unpaired) electrons. The van der Waals surface area contributed by atoms with Crippen molar-refractivity contribution in [2.24, 2.45) is 23.2 Å². The molecule has 22 heavy (non-hydrogen) atoms. The SMILES string of the molecule is CC=C1CCC2C3CCC4=CC(=O)CC[C@]4(O)C3CC[C@]12C. The van der Waals surface area contributed by atoms with Crippen molar-refractivity contribution in [1.29, 1.82) is 0 Å². The predicted molar refractivity (Wildman–Crippen MR) is 87.3 cm³/mol. The quantitative estimate of drug-likeness (QED) is 0.681. The summed E-state index contributed by atoms with van der Waals surface area (Å²) >= 11 is 0. The minimum absolute atomic E-state index is 0.218. The first-order valence-electron chi connectivity index (χ1n) is 9.11. The Labute approximate surface area is 133 Å². The summed E-state index contributed by atoms with van der Waals surface area (Å²) in [6, 6.07) is 0. The van der Waals surface area contributed by atoms with Crippen LogP contribution in [0, 0.1) is 23.2 Å². The molecule has 0 aromatic carbocycles. The lowest BCUT2D eigenvalue weighted by molar-refractivity contribution is -0.123. The van der Waals surface area contributed by atoms with Crippen LogP contribution in [0.2, 0.25) is 0 Å². The van der Waals surface area contributed by atoms with Crippen molar-refractivity contribution < 1.29 is 9.90 Å². The maximum Gasteiger partial charge on any atom is 0.155 e. The molecule has 5 atom stereocenters. The summed E-state index contributed by atoms with van der Waals surface area (Å²) < 4.78 is 0. The highest BCUT2D eigenvalue weighted by molar-refractivity contribution is 5.92. The molecular weight excluding hydrogens is 272 g/mol. The predicted octanol–water partition coefficient (Wildman–Crippen LogP) is 4.19. The highest BCUT2D eigenvalue weighted by atomic mass is 16.3. The molecule has 120 valence electrons. The van der Waals surface area contributed by atoms with Gasteiger partial charge < -0.3 is 5.11 Å². The van der Waals surface area contributed by atoms with E-state index in [9.17, 15) is 9.90 Å². The van der Waals surface area contributed by atoms with E-state index >= 15 is 0 Å². The third-order valence-electron chi connectivity index (χ3n) is 7.64. The summed E-state index contributed by atoms with van der Waals surface area (Å²) in [5.41, 5.74) is 2.41. The second-order valence-electron chi connectivity index (χ2n) is 8.28. The van der Waals surface area contributed by atoms with Crippen LogP contribution < -0.4 is 0 Å². The Kier molecular flexibility index (Phi) is 3.21. The number of ketones is 1. The van der Waals surface area contributed by atoms with Gasteiger partial charge in [0.2, 0.25) is 0 Å². The van der Waals surface area contributed by atoms with Gasteiger partial charge in [0.15, 0.2) is 5.78 Å². The minimum atomic E-state index is -0.670. The van der Waals surface area contributed by atoms with Crippen molar-refractivity contribution in [3.63, 3.8) is 0 Å². The average molecular weight is 300 g/mol. The molecule has 4 aliphatic rings. The van der Waals surface area contributed by atoms with E-state index < -0.39 is 5.60 Å². The topological polar surface area (TPSA) is 37.3 Å². The van der Waals surface area contributed by atoms with Crippen molar-refractivity contribution in [2.75, 3.05) is 0 Å². The van der Waals surface area contributed by atoms with E-state index in [1.807, 2.05) is 0 Å². The zero-order valence-electron chi connectivity index (χ0n) is 13.9. The number of aliphatic hydroxyl groups is 1. The van der Waals surface area contributed by atoms with Crippen LogP contribution in [0.4, 0.5) is 0 Å². The molecule has 0 aromatic heterocycles. The summed E-state index contributed by atoms with van der Waals surface area (Å²) in [7, 11) is 0. The summed E-state index contributed by atoms with van der Waals surface area (Å²) in [5, 5.41) is 11.4. The second kappa shape index (κ2) is 4.80. The van der Waals surface area contributed by atoms with Gasteiger partial charge in [0.1, 0.15) is 0 Å². The lowest BCUT2D eigenvalue weighted by atomic mass is 9.50. The molecule has 2 nitrogen and oxygen atoms in total. The number of hydrogen-bond donors (Lipinski definition) is 1. The highest BCUT2D eigenvalue weighted by Gasteiger charge is 2.58. The maximum absolute atomic E-state index is 11.7. The molecule has 4 aliphatic carbocycles. The van der Waals surface area contributed by atoms with Crippen LogP contribution in [0.25, 0.3) is 0 Å². The monoisotopic (exact) mass is 300 g/mol. The first-order chi connectivity index (χ1) is 10.5. The van der Waals surface area contributed by atoms with Crippen LogP contribution in [0.5, 0.6) is 0 Å². The van der Waals surface area contributed by atoms with Crippen LogP contribution in [0.1, 0.15) is 65.2 Å². The van der Waals surface area contributed by atoms with Gasteiger partial charge in [0.05, 0.1) is 5.60 Å². The van der Waals surface area contributed by atoms with E-state index in [4.69, 9.17) is 0 Å². The minimum Gasteiger partial charge on any atom is -0.385 e. The Morgan fingerprint density at radius 3 is 2.73 bits per heavy atom. The molecule has 2 heteroatoms. The average Bonchev–Trinajstić information content (AvgIpc) is 2.84. The molecule has 4 rings (SSSR count). The Morgan fingerprint density at radius 2 is 1.95 bits per heavy atom. The number of fused-ring (bicyclic) bond motifs is 5. The maximum atomic E-state index is 11.7. The van der Waals surface area contributed by atoms with Gasteiger partial charge in [-0.15, -0.1) is 0 Å². The summed E-state index contributed by atoms with van der Waals surface area (Å²) in [6.45, 7) is 4.66. The summed E-state index contributed by atoms with van der Waals surface area (Å²) in [6.07, 6.45) is 12.3. The number of carbonyl (C=O) groups is 1. The zero-order valence-corrected chi connectivity index (χ0v) is 13.9. The second-order valence-corrected chi connectivity index (χ2v) is 8.28. The number of hydrogen-bond acceptors (Lipinski definition) is 2. The van der Waals surface area contributed by atoms with Gasteiger partial charge >= 0.3 is 0 Å². The van der Waals surface area contributed by atoms with Gasteiger partial charge in [0, 0.05) is 6.42 Å². The Balaban J connectivity index is 1.70. The molecule has 3 saturated carbocycles. The Bertz CT molecular complexity index is 572. The number of allylic oxidation sites excluding steroid dienone is 2. The van der Waals surface area contributed by atoms with Gasteiger partial charge in [-0.05, 0) is 86.7 Å². The fourth-order valence-electron chi connectivity index (χ4n) is 6.51. The molecule has 0 amide bonds. The summed E-state index contributed by atoms with van der Waals surface area (Å²) in [4.78, 5) is 11.7. The van der Waals surface area contributed by atoms with Crippen LogP contribution >= 0.6 is 0 Å². The first-order valence-corrected chi connectivity index (χ1v) is 9.11. The smallest absolute Gasteiger partial charge is 0.155 e. The molecule has 0 aliphatic heterocycles. The van der Waals surface area contributed by atoms with Gasteiger partial charge in [-0.1, -0.05) is 18.6 Å². The Hall–Kier alpha value is -0.890. The molecule has 0 spiro atoms. The fourth-order valence-corrected chi connectivity index (χ4v) is 6.51. The molecular formula is C20H28O2. The van der Waals surface area contributed by atoms with Gasteiger partial charge in [0.25, 0.3) is 0 Å². The van der Waals surface area contributed by atoms with Crippen LogP contribution in [0.3, 0.4) is 0 Å². The van der Waals surface area contributed by atoms with E-state index in [0.29, 0.717) is 30.1 Å². The molecule has 0 saturated heterocycles. The highest BCUT2D eigenvalue weighted by Crippen LogP contribution is 2.64. The van der Waals surface area contributed by atoms with E-state index in [-0.39, 0.29) is 5.78 Å². The standard InChI is InChI=1S/C20H28O2/c1-3-13-5-7-17-16-6-4-14-12-15(21)8-11-20(14,22)18(16)9-10-19(13,17)2/h3,12,16-18,22H,4-11H2,1-2H3/t16?,17?,18?,19-,20-/m1/s1. The first kappa shape index (κ1) is 14.7. The van der Waals surface area contributed by atoms with Crippen molar-refractivity contribution in [2.45, 2.75) is 70.8 Å². The summed E-state index contributed by atoms with van der Waals surface area (Å²) in [5.74, 6) is 1.98. The third kappa shape index (κ3) is 1.79. The van der Waals surface area contributed by atoms with Crippen molar-refractivity contribution in [1.82, 2.24) is 0 Å². The zero-order chi connectivity index (χ0) is 15.5. The van der Waals surface area contributed by atoms with E-state index in [1.54, 1.807) is 11.6 Å². The molecule has 1 N–H and O–H groups in total. The number of carbonyl (C=O) groups excluding carboxylic acids is 1. The normalized spacial score (nSPS) is 49.4. The fraction of sp³-hybridized carbons (Fsp3) is 0.750. The largest absolute Gasteiger partial charge is 0.385 e. The third-order valence-corrected chi connectivity index (χ3v) is 7.64. The van der Waals surface area contributed by atoms with Crippen molar-refractivity contribution >= 4 is 5.78 Å². The molecule has 0 heterocycles. The number of rotatable bonds is 0. The molecule has 0 bridgehead atoms. The Morgan fingerprint density at radius 1 is 1.14 bits per heavy atom. The molecule has 3 unspecified atom stereocenters. The lowest BCUT2D eigenvalue weighted by Gasteiger charge is -2.56. The van der Waals surface area contributed by atoms with Crippen LogP contribution in [-0.4, -0.2) is 16.5 Å². The van der Waals surface area contributed by atoms with Gasteiger partial charge in [-0.25, -0.2) is 0 Å². The van der Waals surface area contributed by atoms with E-state index in [2.05, 4.69) is 19.9 Å². The van der Waals surface area contributed by atoms with Crippen LogP contribution in [-0.2, 0) is 4.79 Å². The van der Waals surface area contributed by atoms with Gasteiger partial charge in [-0.3, -0.25) is 4.79 Å². The van der Waals surface area contributed by atoms with E-state index in [0.717, 1.165) is 24.3 Å². The van der Waals surface area contributed by atoms with Crippen molar-refractivity contribution in [3.8, 4) is 0 Å².